The minimum atomic E-state index is -1.16. The number of esters is 1. The van der Waals surface area contributed by atoms with Gasteiger partial charge in [-0.05, 0) is 104 Å². The van der Waals surface area contributed by atoms with Gasteiger partial charge in [-0.15, -0.1) is 0 Å². The number of hydrazine groups is 1. The number of pyridine rings is 1. The van der Waals surface area contributed by atoms with E-state index < -0.39 is 41.3 Å². The maximum absolute atomic E-state index is 14.8. The molecule has 2 aromatic carbocycles. The average molecular weight is 946 g/mol. The fourth-order valence-electron chi connectivity index (χ4n) is 11.1. The molecular formula is C52H67N9O8. The topological polar surface area (TPSA) is 201 Å². The Morgan fingerprint density at radius 2 is 1.81 bits per heavy atom. The summed E-state index contributed by atoms with van der Waals surface area (Å²) >= 11 is 0. The number of aryl methyl sites for hydroxylation is 1. The van der Waals surface area contributed by atoms with Crippen LogP contribution >= 0.6 is 0 Å². The first-order valence-electron chi connectivity index (χ1n) is 24.6. The Hall–Kier alpha value is -6.04. The lowest BCUT2D eigenvalue weighted by atomic mass is 9.84. The zero-order valence-corrected chi connectivity index (χ0v) is 41.1. The number of hydrogen-bond acceptors (Lipinski definition) is 11. The van der Waals surface area contributed by atoms with Gasteiger partial charge in [0.1, 0.15) is 23.9 Å². The minimum absolute atomic E-state index is 0.00313. The van der Waals surface area contributed by atoms with Crippen LogP contribution in [-0.4, -0.2) is 147 Å². The molecule has 5 aliphatic rings. The number of hydrogen-bond donors (Lipinski definition) is 4. The minimum Gasteiger partial charge on any atom is -0.508 e. The quantitative estimate of drug-likeness (QED) is 0.133. The first-order valence-corrected chi connectivity index (χ1v) is 24.6. The number of rotatable bonds is 9. The van der Waals surface area contributed by atoms with Crippen LogP contribution in [0.25, 0.3) is 33.3 Å². The van der Waals surface area contributed by atoms with E-state index in [1.165, 1.54) is 9.91 Å². The van der Waals surface area contributed by atoms with Gasteiger partial charge in [-0.1, -0.05) is 39.8 Å². The monoisotopic (exact) mass is 946 g/mol. The maximum atomic E-state index is 14.8. The number of nitrogens with one attached hydrogen (secondary N) is 3. The lowest BCUT2D eigenvalue weighted by molar-refractivity contribution is -0.155. The Bertz CT molecular complexity index is 2660. The molecule has 6 bridgehead atoms. The first kappa shape index (κ1) is 48.0. The molecule has 17 heteroatoms. The molecule has 5 amide bonds. The number of likely N-dealkylation sites (N-methyl/N-ethyl adjacent to an activating group) is 1. The van der Waals surface area contributed by atoms with Crippen LogP contribution < -0.4 is 16.1 Å². The fraction of sp³-hybridized carbons (Fsp3) is 0.538. The molecule has 69 heavy (non-hydrogen) atoms. The van der Waals surface area contributed by atoms with E-state index in [4.69, 9.17) is 14.5 Å². The molecule has 0 radical (unpaired) electrons. The Kier molecular flexibility index (Phi) is 13.2. The molecule has 17 nitrogen and oxygen atoms in total. The van der Waals surface area contributed by atoms with Gasteiger partial charge < -0.3 is 44.5 Å². The molecule has 4 fully saturated rings. The van der Waals surface area contributed by atoms with Crippen LogP contribution in [0.2, 0.25) is 0 Å². The lowest BCUT2D eigenvalue weighted by Gasteiger charge is -2.48. The average Bonchev–Trinajstić information content (AvgIpc) is 4.07. The number of nitrogens with zero attached hydrogens (tertiary/aromatic N) is 6. The van der Waals surface area contributed by atoms with E-state index >= 15 is 0 Å². The van der Waals surface area contributed by atoms with Gasteiger partial charge in [-0.25, -0.2) is 10.2 Å². The summed E-state index contributed by atoms with van der Waals surface area (Å²) in [6.45, 7) is 14.7. The van der Waals surface area contributed by atoms with Crippen LogP contribution in [0.5, 0.6) is 5.75 Å². The second-order valence-corrected chi connectivity index (χ2v) is 20.7. The van der Waals surface area contributed by atoms with Gasteiger partial charge in [0.15, 0.2) is 0 Å². The summed E-state index contributed by atoms with van der Waals surface area (Å²) in [5.74, 6) is -1.73. The second kappa shape index (κ2) is 19.0. The SMILES string of the molecule is CCn1c(-c2cccnc2[C@H](C)OC)c2c3cc(ccc31)-c1cc(O)cc(c1)C[C@H](NC(=O)[C@H](C(C)C)N(C)C(=O)N1C[C@@H]3[C@H]1CCN3C(=O)[C@H]1CN1)C(=O)N1CCC[C@H](N1)C(=O)OCC(C)(C)C2. The Balaban J connectivity index is 1.07. The molecule has 5 aliphatic heterocycles. The molecule has 7 atom stereocenters. The lowest BCUT2D eigenvalue weighted by Crippen LogP contribution is -2.68. The molecule has 2 aromatic heterocycles. The van der Waals surface area contributed by atoms with E-state index in [9.17, 15) is 29.1 Å². The van der Waals surface area contributed by atoms with Crippen molar-refractivity contribution in [3.8, 4) is 28.1 Å². The number of aromatic hydroxyl groups is 1. The van der Waals surface area contributed by atoms with Crippen LogP contribution in [0.15, 0.2) is 54.7 Å². The zero-order chi connectivity index (χ0) is 49.1. The van der Waals surface area contributed by atoms with Gasteiger partial charge >= 0.3 is 12.0 Å². The number of cyclic esters (lactones) is 1. The number of phenols is 1. The summed E-state index contributed by atoms with van der Waals surface area (Å²) < 4.78 is 14.2. The van der Waals surface area contributed by atoms with Crippen LogP contribution in [-0.2, 0) is 48.0 Å². The number of urea groups is 1. The number of carbonyl (C=O) groups is 5. The number of carbonyl (C=O) groups excluding carboxylic acids is 5. The largest absolute Gasteiger partial charge is 0.508 e. The summed E-state index contributed by atoms with van der Waals surface area (Å²) in [6, 6.07) is 12.0. The summed E-state index contributed by atoms with van der Waals surface area (Å²) in [7, 11) is 3.28. The normalized spacial score (nSPS) is 24.2. The summed E-state index contributed by atoms with van der Waals surface area (Å²) in [4.78, 5) is 80.4. The molecule has 4 aromatic rings. The molecular weight excluding hydrogens is 879 g/mol. The third-order valence-electron chi connectivity index (χ3n) is 14.8. The summed E-state index contributed by atoms with van der Waals surface area (Å²) in [5, 5.41) is 19.9. The number of likely N-dealkylation sites (tertiary alicyclic amines) is 2. The molecule has 4 saturated heterocycles. The summed E-state index contributed by atoms with van der Waals surface area (Å²) in [5.41, 5.74) is 9.59. The third-order valence-corrected chi connectivity index (χ3v) is 14.8. The van der Waals surface area contributed by atoms with Gasteiger partial charge in [0, 0.05) is 81.4 Å². The van der Waals surface area contributed by atoms with Crippen LogP contribution in [0.3, 0.4) is 0 Å². The van der Waals surface area contributed by atoms with Gasteiger partial charge in [-0.3, -0.25) is 29.2 Å². The van der Waals surface area contributed by atoms with E-state index in [2.05, 4.69) is 59.6 Å². The van der Waals surface area contributed by atoms with E-state index in [-0.39, 0.29) is 67.4 Å². The first-order chi connectivity index (χ1) is 33.0. The van der Waals surface area contributed by atoms with E-state index in [1.807, 2.05) is 43.9 Å². The molecule has 0 aliphatic carbocycles. The number of benzene rings is 2. The highest BCUT2D eigenvalue weighted by atomic mass is 16.5. The molecule has 7 heterocycles. The Labute approximate surface area is 403 Å². The Morgan fingerprint density at radius 1 is 1.03 bits per heavy atom. The fourth-order valence-corrected chi connectivity index (χ4v) is 11.1. The number of ether oxygens (including phenoxy) is 2. The van der Waals surface area contributed by atoms with Gasteiger partial charge in [-0.2, -0.15) is 0 Å². The number of phenolic OH excluding ortho intramolecular Hbond substituents is 1. The molecule has 0 spiro atoms. The number of aromatic nitrogens is 2. The highest BCUT2D eigenvalue weighted by Gasteiger charge is 2.53. The molecule has 0 unspecified atom stereocenters. The highest BCUT2D eigenvalue weighted by Crippen LogP contribution is 2.42. The number of amides is 5. The number of methoxy groups -OCH3 is 1. The Morgan fingerprint density at radius 3 is 2.54 bits per heavy atom. The van der Waals surface area contributed by atoms with Crippen molar-refractivity contribution in [2.24, 2.45) is 11.3 Å². The molecule has 0 saturated carbocycles. The predicted molar refractivity (Wildman–Crippen MR) is 260 cm³/mol. The maximum Gasteiger partial charge on any atom is 0.324 e. The standard InChI is InChI=1S/C52H67N9O8/c1-9-58-41-15-14-32-24-36(41)37(46(58)35-12-10-17-53-44(35)30(4)68-8)25-52(5,6)28-69-50(66)38-13-11-18-61(56-38)49(65)39(22-31-20-33(32)23-34(62)21-31)55-47(63)45(29(2)3)57(7)51(67)60-27-43-42(60)16-19-59(43)48(64)40-26-54-40/h10,12,14-15,17,20-21,23-24,29-30,38-40,42-43,45,54,56,62H,9,11,13,16,18-19,22,25-28H2,1-8H3,(H,55,63)/t30-,38-,39-,40+,42+,43+,45-/m0/s1. The van der Waals surface area contributed by atoms with E-state index in [0.29, 0.717) is 57.4 Å². The van der Waals surface area contributed by atoms with Crippen molar-refractivity contribution in [2.75, 3.05) is 46.9 Å². The second-order valence-electron chi connectivity index (χ2n) is 20.7. The van der Waals surface area contributed by atoms with Gasteiger partial charge in [0.05, 0.1) is 42.2 Å². The summed E-state index contributed by atoms with van der Waals surface area (Å²) in [6.07, 6.45) is 3.66. The van der Waals surface area contributed by atoms with Crippen LogP contribution in [0.1, 0.15) is 83.7 Å². The van der Waals surface area contributed by atoms with Gasteiger partial charge in [0.2, 0.25) is 11.8 Å². The highest BCUT2D eigenvalue weighted by molar-refractivity contribution is 5.96. The van der Waals surface area contributed by atoms with E-state index in [1.54, 1.807) is 37.4 Å². The van der Waals surface area contributed by atoms with E-state index in [0.717, 1.165) is 44.5 Å². The predicted octanol–water partition coefficient (Wildman–Crippen LogP) is 4.78. The smallest absolute Gasteiger partial charge is 0.324 e. The van der Waals surface area contributed by atoms with Crippen molar-refractivity contribution in [2.45, 2.75) is 123 Å². The van der Waals surface area contributed by atoms with Crippen molar-refractivity contribution >= 4 is 40.6 Å². The van der Waals surface area contributed by atoms with Crippen molar-refractivity contribution in [3.05, 3.63) is 71.5 Å². The van der Waals surface area contributed by atoms with Crippen molar-refractivity contribution < 1.29 is 38.6 Å². The zero-order valence-electron chi connectivity index (χ0n) is 41.1. The van der Waals surface area contributed by atoms with Gasteiger partial charge in [0.25, 0.3) is 5.91 Å². The third kappa shape index (κ3) is 9.28. The number of fused-ring (bicyclic) bond motifs is 7. The van der Waals surface area contributed by atoms with Crippen molar-refractivity contribution in [1.82, 2.24) is 45.3 Å². The van der Waals surface area contributed by atoms with Crippen LogP contribution in [0.4, 0.5) is 4.79 Å². The van der Waals surface area contributed by atoms with Crippen molar-refractivity contribution in [3.63, 3.8) is 0 Å². The molecule has 368 valence electrons. The molecule has 9 rings (SSSR count). The van der Waals surface area contributed by atoms with Crippen LogP contribution in [0, 0.1) is 11.3 Å². The molecule has 4 N–H and O–H groups in total. The van der Waals surface area contributed by atoms with Crippen molar-refractivity contribution in [1.29, 1.82) is 0 Å².